The minimum Gasteiger partial charge on any atom is -0.511 e. The number of aromatic nitrogens is 2. The summed E-state index contributed by atoms with van der Waals surface area (Å²) < 4.78 is 7.11. The Kier molecular flexibility index (Phi) is 16.6. The fourth-order valence-electron chi connectivity index (χ4n) is 5.48. The van der Waals surface area contributed by atoms with Crippen LogP contribution in [0.1, 0.15) is 78.4 Å². The third-order valence-corrected chi connectivity index (χ3v) is 9.53. The number of nitrogens with zero attached hydrogens (tertiary/aromatic N) is 3. The van der Waals surface area contributed by atoms with E-state index >= 15 is 0 Å². The lowest BCUT2D eigenvalue weighted by Gasteiger charge is -2.25. The molecular weight excluding hydrogens is 721 g/mol. The minimum absolute atomic E-state index is 0.0375. The van der Waals surface area contributed by atoms with E-state index in [1.807, 2.05) is 24.8 Å². The molecule has 3 aromatic rings. The number of ether oxygens (including phenoxy) is 1. The molecule has 2 aromatic carbocycles. The average molecular weight is 763 g/mol. The van der Waals surface area contributed by atoms with Crippen LogP contribution in [0.25, 0.3) is 0 Å². The van der Waals surface area contributed by atoms with E-state index < -0.39 is 0 Å². The molecule has 0 saturated carbocycles. The molecule has 13 heteroatoms. The lowest BCUT2D eigenvalue weighted by molar-refractivity contribution is -0.116. The van der Waals surface area contributed by atoms with Crippen molar-refractivity contribution < 1.29 is 29.1 Å². The normalized spacial score (nSPS) is 15.5. The van der Waals surface area contributed by atoms with Gasteiger partial charge in [0.15, 0.2) is 18.2 Å². The van der Waals surface area contributed by atoms with Crippen molar-refractivity contribution in [3.63, 3.8) is 0 Å². The van der Waals surface area contributed by atoms with Crippen LogP contribution in [0.3, 0.4) is 0 Å². The molecular formula is C37H42Cl3N3O6S. The van der Waals surface area contributed by atoms with Crippen molar-refractivity contribution in [1.29, 1.82) is 0 Å². The van der Waals surface area contributed by atoms with Crippen molar-refractivity contribution >= 4 is 69.6 Å². The van der Waals surface area contributed by atoms with Crippen LogP contribution >= 0.6 is 46.6 Å². The van der Waals surface area contributed by atoms with Crippen LogP contribution in [0.5, 0.6) is 5.88 Å². The highest BCUT2D eigenvalue weighted by atomic mass is 35.5. The number of rotatable bonds is 15. The lowest BCUT2D eigenvalue weighted by atomic mass is 9.82. The maximum atomic E-state index is 13.0. The van der Waals surface area contributed by atoms with Crippen molar-refractivity contribution in [1.82, 2.24) is 9.78 Å². The maximum absolute atomic E-state index is 13.0. The van der Waals surface area contributed by atoms with Gasteiger partial charge in [-0.05, 0) is 55.7 Å². The van der Waals surface area contributed by atoms with Gasteiger partial charge in [-0.2, -0.15) is 16.9 Å². The molecule has 2 atom stereocenters. The number of carbonyl (C=O) groups is 3. The Labute approximate surface area is 312 Å². The van der Waals surface area contributed by atoms with Crippen LogP contribution in [-0.4, -0.2) is 62.2 Å². The smallest absolute Gasteiger partial charge is 0.223 e. The first-order valence-electron chi connectivity index (χ1n) is 16.2. The number of allylic oxidation sites excluding steroid dienone is 2. The molecule has 268 valence electrons. The number of thioether (sulfide) groups is 1. The van der Waals surface area contributed by atoms with Crippen LogP contribution in [0.4, 0.5) is 0 Å². The second kappa shape index (κ2) is 20.3. The van der Waals surface area contributed by atoms with Crippen molar-refractivity contribution in [2.75, 3.05) is 19.0 Å². The molecule has 1 aromatic heterocycles. The zero-order valence-electron chi connectivity index (χ0n) is 28.8. The first kappa shape index (κ1) is 40.9. The maximum Gasteiger partial charge on any atom is 0.223 e. The number of Topliss-reactive ketones (excluding diaryl/α,β-unsaturated/α-hetero) is 2. The molecule has 0 radical (unpaired) electrons. The van der Waals surface area contributed by atoms with Crippen molar-refractivity contribution in [2.45, 2.75) is 58.6 Å². The number of aryl methyl sites for hydroxylation is 2. The molecule has 0 amide bonds. The number of hydrogen-bond acceptors (Lipinski definition) is 9. The van der Waals surface area contributed by atoms with E-state index in [4.69, 9.17) is 44.4 Å². The summed E-state index contributed by atoms with van der Waals surface area (Å²) in [6, 6.07) is 13.4. The Bertz CT molecular complexity index is 1740. The van der Waals surface area contributed by atoms with E-state index in [1.165, 1.54) is 16.3 Å². The molecule has 9 nitrogen and oxygen atoms in total. The molecule has 0 aliphatic heterocycles. The Morgan fingerprint density at radius 2 is 1.88 bits per heavy atom. The van der Waals surface area contributed by atoms with Crippen LogP contribution in [0, 0.1) is 12.8 Å². The van der Waals surface area contributed by atoms with Crippen molar-refractivity contribution in [3.05, 3.63) is 104 Å². The van der Waals surface area contributed by atoms with Gasteiger partial charge in [-0.3, -0.25) is 14.4 Å². The van der Waals surface area contributed by atoms with Crippen LogP contribution in [0.2, 0.25) is 10.0 Å². The molecule has 1 aliphatic rings. The van der Waals surface area contributed by atoms with Gasteiger partial charge < -0.3 is 14.7 Å². The third-order valence-electron chi connectivity index (χ3n) is 7.71. The summed E-state index contributed by atoms with van der Waals surface area (Å²) in [6.45, 7) is 7.92. The van der Waals surface area contributed by atoms with Gasteiger partial charge >= 0.3 is 0 Å². The Balaban J connectivity index is 0.000000275. The lowest BCUT2D eigenvalue weighted by Crippen LogP contribution is -2.26. The van der Waals surface area contributed by atoms with Gasteiger partial charge in [0.25, 0.3) is 0 Å². The van der Waals surface area contributed by atoms with Crippen molar-refractivity contribution in [2.24, 2.45) is 18.1 Å². The van der Waals surface area contributed by atoms with E-state index in [-0.39, 0.29) is 64.3 Å². The topological polar surface area (TPSA) is 120 Å². The number of aliphatic hydroxyl groups is 1. The fourth-order valence-corrected chi connectivity index (χ4v) is 7.03. The molecule has 0 fully saturated rings. The molecule has 50 heavy (non-hydrogen) atoms. The monoisotopic (exact) mass is 761 g/mol. The number of ketones is 3. The second-order valence-corrected chi connectivity index (χ2v) is 14.3. The zero-order valence-corrected chi connectivity index (χ0v) is 31.8. The largest absolute Gasteiger partial charge is 0.511 e. The average Bonchev–Trinajstić information content (AvgIpc) is 3.36. The number of benzene rings is 2. The summed E-state index contributed by atoms with van der Waals surface area (Å²) in [6.07, 6.45) is 4.09. The SMILES string of the molecule is CCSC(C)CC1CC(=O)C(/C(CC)=N/OC/C=C/Cl)=C(O)C1.Cc1nn(C)c(OCC(=O)c2ccccc2)c1C(=O)c1ccc(Cl)cc1Cl. The molecule has 4 rings (SSSR count). The highest BCUT2D eigenvalue weighted by Crippen LogP contribution is 2.33. The quantitative estimate of drug-likeness (QED) is 0.0704. The van der Waals surface area contributed by atoms with Gasteiger partial charge in [0.2, 0.25) is 11.7 Å². The van der Waals surface area contributed by atoms with E-state index in [0.29, 0.717) is 52.1 Å². The first-order valence-corrected chi connectivity index (χ1v) is 18.4. The number of halogens is 3. The summed E-state index contributed by atoms with van der Waals surface area (Å²) in [5.74, 6) is 1.06. The highest BCUT2D eigenvalue weighted by molar-refractivity contribution is 7.99. The summed E-state index contributed by atoms with van der Waals surface area (Å²) in [5, 5.41) is 19.7. The summed E-state index contributed by atoms with van der Waals surface area (Å²) in [5.41, 5.74) is 3.77. The number of aliphatic hydroxyl groups excluding tert-OH is 1. The van der Waals surface area contributed by atoms with E-state index in [9.17, 15) is 19.5 Å². The molecule has 0 spiro atoms. The van der Waals surface area contributed by atoms with Crippen molar-refractivity contribution in [3.8, 4) is 5.88 Å². The van der Waals surface area contributed by atoms with Crippen LogP contribution in [-0.2, 0) is 16.7 Å². The summed E-state index contributed by atoms with van der Waals surface area (Å²) in [4.78, 5) is 42.9. The van der Waals surface area contributed by atoms with Crippen LogP contribution < -0.4 is 4.74 Å². The zero-order chi connectivity index (χ0) is 36.8. The molecule has 0 saturated heterocycles. The Hall–Kier alpha value is -3.57. The standard InChI is InChI=1S/C20H16Cl2N2O3.C17H26ClNO3S/c1-12-18(19(26)15-9-8-14(21)10-16(15)22)20(24(2)23-12)27-11-17(25)13-6-4-3-5-7-13;1-4-14(19-22-8-6-7-18)17-15(20)10-13(11-16(17)21)9-12(3)23-5-2/h3-10H,11H2,1-2H3;6-7,12-13,20H,4-5,8-11H2,1-3H3/b;7-6+,19-14+. The van der Waals surface area contributed by atoms with E-state index in [0.717, 1.165) is 12.2 Å². The summed E-state index contributed by atoms with van der Waals surface area (Å²) >= 11 is 19.4. The molecule has 1 aliphatic carbocycles. The molecule has 1 N–H and O–H groups in total. The predicted octanol–water partition coefficient (Wildman–Crippen LogP) is 9.37. The third kappa shape index (κ3) is 11.5. The molecule has 2 unspecified atom stereocenters. The predicted molar refractivity (Wildman–Crippen MR) is 202 cm³/mol. The molecule has 1 heterocycles. The van der Waals surface area contributed by atoms with Gasteiger partial charge in [-0.15, -0.1) is 0 Å². The fraction of sp³-hybridized carbons (Fsp3) is 0.378. The van der Waals surface area contributed by atoms with Gasteiger partial charge in [-0.25, -0.2) is 4.68 Å². The van der Waals surface area contributed by atoms with Gasteiger partial charge in [0, 0.05) is 46.8 Å². The number of oxime groups is 1. The first-order chi connectivity index (χ1) is 23.9. The Morgan fingerprint density at radius 3 is 2.50 bits per heavy atom. The summed E-state index contributed by atoms with van der Waals surface area (Å²) in [7, 11) is 1.65. The van der Waals surface area contributed by atoms with Gasteiger partial charge in [-0.1, -0.05) is 91.1 Å². The number of carbonyl (C=O) groups excluding carboxylic acids is 3. The van der Waals surface area contributed by atoms with Crippen LogP contribution in [0.15, 0.2) is 76.6 Å². The van der Waals surface area contributed by atoms with Gasteiger partial charge in [0.1, 0.15) is 17.9 Å². The Morgan fingerprint density at radius 1 is 1.16 bits per heavy atom. The second-order valence-electron chi connectivity index (χ2n) is 11.5. The van der Waals surface area contributed by atoms with E-state index in [1.54, 1.807) is 56.4 Å². The minimum atomic E-state index is -0.343. The van der Waals surface area contributed by atoms with E-state index in [2.05, 4.69) is 24.1 Å². The number of hydrogen-bond donors (Lipinski definition) is 1. The molecule has 0 bridgehead atoms. The highest BCUT2D eigenvalue weighted by Gasteiger charge is 2.31. The van der Waals surface area contributed by atoms with Gasteiger partial charge in [0.05, 0.1) is 22.0 Å².